The average Bonchev–Trinajstić information content (AvgIpc) is 2.20. The highest BCUT2D eigenvalue weighted by atomic mass is 16.5. The lowest BCUT2D eigenvalue weighted by Gasteiger charge is -2.27. The smallest absolute Gasteiger partial charge is 0.0690 e. The summed E-state index contributed by atoms with van der Waals surface area (Å²) in [6.07, 6.45) is 3.27. The highest BCUT2D eigenvalue weighted by Gasteiger charge is 2.22. The Hall–Kier alpha value is -0.820. The van der Waals surface area contributed by atoms with E-state index in [0.29, 0.717) is 0 Å². The van der Waals surface area contributed by atoms with Crippen molar-refractivity contribution in [1.82, 2.24) is 0 Å². The summed E-state index contributed by atoms with van der Waals surface area (Å²) in [5.74, 6) is 0. The SMILES string of the molecule is CCCC(C)(Cc1ccccc1)OC. The standard InChI is InChI=1S/C13H20O/c1-4-10-13(2,14-3)11-12-8-6-5-7-9-12/h5-9H,4,10-11H2,1-3H3. The van der Waals surface area contributed by atoms with E-state index in [1.165, 1.54) is 5.56 Å². The minimum Gasteiger partial charge on any atom is -0.378 e. The first-order valence-electron chi connectivity index (χ1n) is 5.29. The molecule has 1 aromatic carbocycles. The van der Waals surface area contributed by atoms with Crippen LogP contribution in [-0.2, 0) is 11.2 Å². The number of ether oxygens (including phenoxy) is 1. The molecule has 0 heterocycles. The molecule has 1 atom stereocenters. The second-order valence-electron chi connectivity index (χ2n) is 4.07. The van der Waals surface area contributed by atoms with Crippen LogP contribution in [0, 0.1) is 0 Å². The van der Waals surface area contributed by atoms with Gasteiger partial charge in [-0.05, 0) is 18.9 Å². The Kier molecular flexibility index (Phi) is 4.15. The average molecular weight is 192 g/mol. The van der Waals surface area contributed by atoms with E-state index < -0.39 is 0 Å². The van der Waals surface area contributed by atoms with Crippen LogP contribution in [0.3, 0.4) is 0 Å². The molecule has 78 valence electrons. The molecule has 0 aliphatic rings. The predicted octanol–water partition coefficient (Wildman–Crippen LogP) is 3.43. The first-order valence-corrected chi connectivity index (χ1v) is 5.29. The summed E-state index contributed by atoms with van der Waals surface area (Å²) in [6, 6.07) is 10.5. The van der Waals surface area contributed by atoms with E-state index in [1.807, 2.05) is 6.07 Å². The molecule has 0 saturated heterocycles. The molecule has 14 heavy (non-hydrogen) atoms. The van der Waals surface area contributed by atoms with Crippen LogP contribution in [0.5, 0.6) is 0 Å². The van der Waals surface area contributed by atoms with Gasteiger partial charge in [-0.25, -0.2) is 0 Å². The van der Waals surface area contributed by atoms with Gasteiger partial charge in [-0.2, -0.15) is 0 Å². The van der Waals surface area contributed by atoms with Crippen molar-refractivity contribution in [2.75, 3.05) is 7.11 Å². The minimum absolute atomic E-state index is 0.00387. The van der Waals surface area contributed by atoms with Crippen LogP contribution < -0.4 is 0 Å². The van der Waals surface area contributed by atoms with Gasteiger partial charge in [0.1, 0.15) is 0 Å². The van der Waals surface area contributed by atoms with Crippen molar-refractivity contribution in [1.29, 1.82) is 0 Å². The van der Waals surface area contributed by atoms with Gasteiger partial charge >= 0.3 is 0 Å². The molecule has 1 heteroatoms. The second-order valence-corrected chi connectivity index (χ2v) is 4.07. The molecule has 0 radical (unpaired) electrons. The first kappa shape index (κ1) is 11.3. The maximum atomic E-state index is 5.58. The minimum atomic E-state index is -0.00387. The molecule has 0 amide bonds. The van der Waals surface area contributed by atoms with Gasteiger partial charge in [0.15, 0.2) is 0 Å². The fraction of sp³-hybridized carbons (Fsp3) is 0.538. The molecule has 0 aromatic heterocycles. The third kappa shape index (κ3) is 3.15. The molecule has 0 fully saturated rings. The van der Waals surface area contributed by atoms with E-state index in [1.54, 1.807) is 7.11 Å². The van der Waals surface area contributed by atoms with Crippen LogP contribution in [0.15, 0.2) is 30.3 Å². The summed E-state index contributed by atoms with van der Waals surface area (Å²) >= 11 is 0. The Balaban J connectivity index is 2.65. The van der Waals surface area contributed by atoms with E-state index in [4.69, 9.17) is 4.74 Å². The summed E-state index contributed by atoms with van der Waals surface area (Å²) in [7, 11) is 1.80. The molecule has 0 N–H and O–H groups in total. The zero-order valence-electron chi connectivity index (χ0n) is 9.42. The highest BCUT2D eigenvalue weighted by Crippen LogP contribution is 2.22. The molecule has 0 bridgehead atoms. The lowest BCUT2D eigenvalue weighted by atomic mass is 9.92. The van der Waals surface area contributed by atoms with Crippen molar-refractivity contribution in [3.63, 3.8) is 0 Å². The summed E-state index contributed by atoms with van der Waals surface area (Å²) in [4.78, 5) is 0. The zero-order valence-corrected chi connectivity index (χ0v) is 9.42. The topological polar surface area (TPSA) is 9.23 Å². The molecule has 0 aliphatic carbocycles. The van der Waals surface area contributed by atoms with E-state index in [9.17, 15) is 0 Å². The summed E-state index contributed by atoms with van der Waals surface area (Å²) in [5, 5.41) is 0. The molecule has 0 aliphatic heterocycles. The van der Waals surface area contributed by atoms with Crippen LogP contribution in [0.2, 0.25) is 0 Å². The Morgan fingerprint density at radius 1 is 1.21 bits per heavy atom. The fourth-order valence-corrected chi connectivity index (χ4v) is 1.82. The molecule has 0 spiro atoms. The lowest BCUT2D eigenvalue weighted by Crippen LogP contribution is -2.29. The Bertz CT molecular complexity index is 255. The van der Waals surface area contributed by atoms with Gasteiger partial charge in [0.2, 0.25) is 0 Å². The Morgan fingerprint density at radius 2 is 1.86 bits per heavy atom. The third-order valence-electron chi connectivity index (χ3n) is 2.69. The van der Waals surface area contributed by atoms with Gasteiger partial charge in [0.25, 0.3) is 0 Å². The number of methoxy groups -OCH3 is 1. The van der Waals surface area contributed by atoms with E-state index in [-0.39, 0.29) is 5.60 Å². The van der Waals surface area contributed by atoms with Crippen molar-refractivity contribution in [3.05, 3.63) is 35.9 Å². The zero-order chi connectivity index (χ0) is 10.4. The summed E-state index contributed by atoms with van der Waals surface area (Å²) < 4.78 is 5.58. The van der Waals surface area contributed by atoms with Crippen LogP contribution >= 0.6 is 0 Å². The normalized spacial score (nSPS) is 15.1. The summed E-state index contributed by atoms with van der Waals surface area (Å²) in [6.45, 7) is 4.38. The maximum absolute atomic E-state index is 5.58. The molecule has 1 unspecified atom stereocenters. The van der Waals surface area contributed by atoms with E-state index in [0.717, 1.165) is 19.3 Å². The molecule has 1 nitrogen and oxygen atoms in total. The number of benzene rings is 1. The lowest BCUT2D eigenvalue weighted by molar-refractivity contribution is -0.00129. The van der Waals surface area contributed by atoms with Gasteiger partial charge in [0.05, 0.1) is 5.60 Å². The number of hydrogen-bond donors (Lipinski definition) is 0. The van der Waals surface area contributed by atoms with Crippen molar-refractivity contribution < 1.29 is 4.74 Å². The van der Waals surface area contributed by atoms with Crippen molar-refractivity contribution in [2.24, 2.45) is 0 Å². The van der Waals surface area contributed by atoms with Crippen molar-refractivity contribution >= 4 is 0 Å². The maximum Gasteiger partial charge on any atom is 0.0690 e. The molecule has 1 aromatic rings. The van der Waals surface area contributed by atoms with Crippen LogP contribution in [0.25, 0.3) is 0 Å². The van der Waals surface area contributed by atoms with Gasteiger partial charge < -0.3 is 4.74 Å². The van der Waals surface area contributed by atoms with E-state index in [2.05, 4.69) is 38.1 Å². The van der Waals surface area contributed by atoms with Gasteiger partial charge in [0, 0.05) is 13.5 Å². The highest BCUT2D eigenvalue weighted by molar-refractivity contribution is 5.16. The summed E-state index contributed by atoms with van der Waals surface area (Å²) in [5.41, 5.74) is 1.35. The molecular weight excluding hydrogens is 172 g/mol. The van der Waals surface area contributed by atoms with E-state index >= 15 is 0 Å². The molecule has 0 saturated carbocycles. The fourth-order valence-electron chi connectivity index (χ4n) is 1.82. The van der Waals surface area contributed by atoms with Gasteiger partial charge in [-0.3, -0.25) is 0 Å². The number of hydrogen-bond acceptors (Lipinski definition) is 1. The number of rotatable bonds is 5. The van der Waals surface area contributed by atoms with Crippen LogP contribution in [0.4, 0.5) is 0 Å². The Morgan fingerprint density at radius 3 is 2.36 bits per heavy atom. The predicted molar refractivity (Wildman–Crippen MR) is 60.5 cm³/mol. The molecule has 1 rings (SSSR count). The Labute approximate surface area is 87.1 Å². The quantitative estimate of drug-likeness (QED) is 0.694. The third-order valence-corrected chi connectivity index (χ3v) is 2.69. The van der Waals surface area contributed by atoms with Crippen molar-refractivity contribution in [2.45, 2.75) is 38.7 Å². The largest absolute Gasteiger partial charge is 0.378 e. The van der Waals surface area contributed by atoms with Crippen LogP contribution in [-0.4, -0.2) is 12.7 Å². The van der Waals surface area contributed by atoms with Gasteiger partial charge in [-0.1, -0.05) is 43.7 Å². The molecular formula is C13H20O. The van der Waals surface area contributed by atoms with Crippen molar-refractivity contribution in [3.8, 4) is 0 Å². The monoisotopic (exact) mass is 192 g/mol. The van der Waals surface area contributed by atoms with Gasteiger partial charge in [-0.15, -0.1) is 0 Å². The first-order chi connectivity index (χ1) is 6.70. The van der Waals surface area contributed by atoms with Crippen LogP contribution in [0.1, 0.15) is 32.3 Å². The second kappa shape index (κ2) is 5.16.